The summed E-state index contributed by atoms with van der Waals surface area (Å²) in [6.45, 7) is 5.77. The molecule has 0 aliphatic heterocycles. The third kappa shape index (κ3) is 5.80. The van der Waals surface area contributed by atoms with E-state index in [1.807, 2.05) is 26.8 Å². The molecule has 7 nitrogen and oxygen atoms in total. The summed E-state index contributed by atoms with van der Waals surface area (Å²) in [7, 11) is -3.69. The zero-order valence-corrected chi connectivity index (χ0v) is 18.0. The predicted molar refractivity (Wildman–Crippen MR) is 116 cm³/mol. The van der Waals surface area contributed by atoms with Gasteiger partial charge in [-0.2, -0.15) is 0 Å². The van der Waals surface area contributed by atoms with Crippen LogP contribution in [0.3, 0.4) is 0 Å². The van der Waals surface area contributed by atoms with E-state index in [1.54, 1.807) is 36.4 Å². The number of nitrogens with zero attached hydrogens (tertiary/aromatic N) is 1. The summed E-state index contributed by atoms with van der Waals surface area (Å²) >= 11 is 0. The zero-order chi connectivity index (χ0) is 21.6. The Labute approximate surface area is 172 Å². The molecule has 2 aromatic rings. The first kappa shape index (κ1) is 22.4. The number of nitrogens with one attached hydrogen (secondary N) is 2. The van der Waals surface area contributed by atoms with Gasteiger partial charge in [-0.15, -0.1) is 0 Å². The summed E-state index contributed by atoms with van der Waals surface area (Å²) in [6.07, 6.45) is 1.85. The quantitative estimate of drug-likeness (QED) is 0.690. The molecule has 29 heavy (non-hydrogen) atoms. The standard InChI is InChI=1S/C21H27N3O4S/c1-5-13-22-21(26)17-10-6-7-11-18(17)23-20(25)14-24(29(4,27)28)19-12-8-9-15(2)16(19)3/h6-12H,5,13-14H2,1-4H3,(H,22,26)(H,23,25). The van der Waals surface area contributed by atoms with Crippen LogP contribution in [-0.2, 0) is 14.8 Å². The molecule has 2 N–H and O–H groups in total. The van der Waals surface area contributed by atoms with Crippen molar-refractivity contribution in [1.29, 1.82) is 0 Å². The first-order valence-electron chi connectivity index (χ1n) is 9.36. The van der Waals surface area contributed by atoms with Crippen LogP contribution < -0.4 is 14.9 Å². The van der Waals surface area contributed by atoms with Crippen LogP contribution in [0, 0.1) is 13.8 Å². The zero-order valence-electron chi connectivity index (χ0n) is 17.2. The van der Waals surface area contributed by atoms with Crippen molar-refractivity contribution >= 4 is 33.2 Å². The molecule has 0 heterocycles. The second-order valence-corrected chi connectivity index (χ2v) is 8.75. The van der Waals surface area contributed by atoms with E-state index in [2.05, 4.69) is 10.6 Å². The molecule has 0 unspecified atom stereocenters. The van der Waals surface area contributed by atoms with Crippen molar-refractivity contribution in [1.82, 2.24) is 5.32 Å². The second kappa shape index (κ2) is 9.56. The lowest BCUT2D eigenvalue weighted by molar-refractivity contribution is -0.114. The maximum absolute atomic E-state index is 12.7. The predicted octanol–water partition coefficient (Wildman–Crippen LogP) is 2.85. The van der Waals surface area contributed by atoms with E-state index in [9.17, 15) is 18.0 Å². The summed E-state index contributed by atoms with van der Waals surface area (Å²) in [5, 5.41) is 5.44. The molecule has 8 heteroatoms. The lowest BCUT2D eigenvalue weighted by atomic mass is 10.1. The van der Waals surface area contributed by atoms with Gasteiger partial charge in [-0.25, -0.2) is 8.42 Å². The minimum atomic E-state index is -3.69. The van der Waals surface area contributed by atoms with Crippen LogP contribution >= 0.6 is 0 Å². The van der Waals surface area contributed by atoms with Crippen LogP contribution in [0.2, 0.25) is 0 Å². The lowest BCUT2D eigenvalue weighted by Crippen LogP contribution is -2.38. The smallest absolute Gasteiger partial charge is 0.253 e. The SMILES string of the molecule is CCCNC(=O)c1ccccc1NC(=O)CN(c1cccc(C)c1C)S(C)(=O)=O. The number of carbonyl (C=O) groups excluding carboxylic acids is 2. The fraction of sp³-hybridized carbons (Fsp3) is 0.333. The third-order valence-electron chi connectivity index (χ3n) is 4.51. The molecule has 0 saturated heterocycles. The molecular weight excluding hydrogens is 390 g/mol. The summed E-state index contributed by atoms with van der Waals surface area (Å²) in [5.41, 5.74) is 2.82. The highest BCUT2D eigenvalue weighted by Gasteiger charge is 2.23. The number of amides is 2. The Morgan fingerprint density at radius 1 is 1.03 bits per heavy atom. The minimum Gasteiger partial charge on any atom is -0.352 e. The number of para-hydroxylation sites is 1. The van der Waals surface area contributed by atoms with Crippen LogP contribution in [0.4, 0.5) is 11.4 Å². The van der Waals surface area contributed by atoms with E-state index >= 15 is 0 Å². The first-order chi connectivity index (χ1) is 13.6. The van der Waals surface area contributed by atoms with Crippen LogP contribution in [0.15, 0.2) is 42.5 Å². The van der Waals surface area contributed by atoms with E-state index in [1.165, 1.54) is 0 Å². The first-order valence-corrected chi connectivity index (χ1v) is 11.2. The molecule has 0 fully saturated rings. The van der Waals surface area contributed by atoms with Crippen molar-refractivity contribution in [3.8, 4) is 0 Å². The van der Waals surface area contributed by atoms with Gasteiger partial charge in [-0.1, -0.05) is 31.2 Å². The molecule has 0 bridgehead atoms. The van der Waals surface area contributed by atoms with Gasteiger partial charge in [-0.3, -0.25) is 13.9 Å². The van der Waals surface area contributed by atoms with Crippen molar-refractivity contribution in [3.05, 3.63) is 59.2 Å². The Kier molecular flexibility index (Phi) is 7.39. The van der Waals surface area contributed by atoms with Gasteiger partial charge in [0.1, 0.15) is 6.54 Å². The molecular formula is C21H27N3O4S. The summed E-state index contributed by atoms with van der Waals surface area (Å²) in [6, 6.07) is 11.9. The lowest BCUT2D eigenvalue weighted by Gasteiger charge is -2.24. The minimum absolute atomic E-state index is 0.294. The van der Waals surface area contributed by atoms with Gasteiger partial charge < -0.3 is 10.6 Å². The van der Waals surface area contributed by atoms with Gasteiger partial charge in [0.15, 0.2) is 0 Å². The number of anilines is 2. The highest BCUT2D eigenvalue weighted by molar-refractivity contribution is 7.92. The van der Waals surface area contributed by atoms with Gasteiger partial charge in [0.05, 0.1) is 23.2 Å². The molecule has 0 atom stereocenters. The molecule has 2 rings (SSSR count). The van der Waals surface area contributed by atoms with Crippen LogP contribution in [-0.4, -0.2) is 39.6 Å². The maximum atomic E-state index is 12.7. The third-order valence-corrected chi connectivity index (χ3v) is 5.64. The molecule has 0 spiro atoms. The van der Waals surface area contributed by atoms with E-state index in [4.69, 9.17) is 0 Å². The van der Waals surface area contributed by atoms with Crippen molar-refractivity contribution in [2.45, 2.75) is 27.2 Å². The number of sulfonamides is 1. The van der Waals surface area contributed by atoms with Gasteiger partial charge >= 0.3 is 0 Å². The average Bonchev–Trinajstić information content (AvgIpc) is 2.66. The van der Waals surface area contributed by atoms with Crippen molar-refractivity contribution in [2.24, 2.45) is 0 Å². The van der Waals surface area contributed by atoms with E-state index in [0.717, 1.165) is 28.1 Å². The Morgan fingerprint density at radius 2 is 1.72 bits per heavy atom. The van der Waals surface area contributed by atoms with Crippen molar-refractivity contribution < 1.29 is 18.0 Å². The molecule has 0 aromatic heterocycles. The number of hydrogen-bond acceptors (Lipinski definition) is 4. The number of aryl methyl sites for hydroxylation is 1. The largest absolute Gasteiger partial charge is 0.352 e. The van der Waals surface area contributed by atoms with E-state index in [-0.39, 0.29) is 5.91 Å². The van der Waals surface area contributed by atoms with Crippen LogP contribution in [0.25, 0.3) is 0 Å². The van der Waals surface area contributed by atoms with E-state index in [0.29, 0.717) is 23.5 Å². The topological polar surface area (TPSA) is 95.6 Å². The molecule has 0 saturated carbocycles. The van der Waals surface area contributed by atoms with E-state index < -0.39 is 22.5 Å². The fourth-order valence-electron chi connectivity index (χ4n) is 2.83. The van der Waals surface area contributed by atoms with Gasteiger partial charge in [-0.05, 0) is 49.6 Å². The molecule has 0 radical (unpaired) electrons. The Hall–Kier alpha value is -2.87. The highest BCUT2D eigenvalue weighted by Crippen LogP contribution is 2.25. The summed E-state index contributed by atoms with van der Waals surface area (Å²) in [4.78, 5) is 25.0. The highest BCUT2D eigenvalue weighted by atomic mass is 32.2. The molecule has 2 aromatic carbocycles. The monoisotopic (exact) mass is 417 g/mol. The number of hydrogen-bond donors (Lipinski definition) is 2. The Morgan fingerprint density at radius 3 is 2.38 bits per heavy atom. The van der Waals surface area contributed by atoms with Crippen molar-refractivity contribution in [2.75, 3.05) is 29.0 Å². The summed E-state index contributed by atoms with van der Waals surface area (Å²) in [5.74, 6) is -0.829. The Bertz CT molecular complexity index is 1000. The average molecular weight is 418 g/mol. The fourth-order valence-corrected chi connectivity index (χ4v) is 3.74. The van der Waals surface area contributed by atoms with Crippen molar-refractivity contribution in [3.63, 3.8) is 0 Å². The van der Waals surface area contributed by atoms with Gasteiger partial charge in [0, 0.05) is 6.54 Å². The number of carbonyl (C=O) groups is 2. The maximum Gasteiger partial charge on any atom is 0.253 e. The Balaban J connectivity index is 2.27. The normalized spacial score (nSPS) is 11.0. The van der Waals surface area contributed by atoms with Gasteiger partial charge in [0.2, 0.25) is 15.9 Å². The molecule has 156 valence electrons. The molecule has 0 aliphatic carbocycles. The van der Waals surface area contributed by atoms with Gasteiger partial charge in [0.25, 0.3) is 5.91 Å². The molecule has 0 aliphatic rings. The second-order valence-electron chi connectivity index (χ2n) is 6.84. The number of rotatable bonds is 8. The van der Waals surface area contributed by atoms with Crippen LogP contribution in [0.1, 0.15) is 34.8 Å². The van der Waals surface area contributed by atoms with Crippen LogP contribution in [0.5, 0.6) is 0 Å². The number of benzene rings is 2. The molecule has 2 amide bonds. The summed E-state index contributed by atoms with van der Waals surface area (Å²) < 4.78 is 25.8.